The Kier molecular flexibility index (Phi) is 7.31. The molecule has 0 aliphatic rings. The Morgan fingerprint density at radius 2 is 1.86 bits per heavy atom. The van der Waals surface area contributed by atoms with Gasteiger partial charge < -0.3 is 15.2 Å². The van der Waals surface area contributed by atoms with Gasteiger partial charge in [-0.05, 0) is 23.6 Å². The van der Waals surface area contributed by atoms with E-state index in [0.717, 1.165) is 12.9 Å². The number of aliphatic hydroxyl groups is 1. The highest BCUT2D eigenvalue weighted by Crippen LogP contribution is 2.15. The average Bonchev–Trinajstić information content (AvgIpc) is 2.41. The summed E-state index contributed by atoms with van der Waals surface area (Å²) in [4.78, 5) is 0.258. The highest BCUT2D eigenvalue weighted by molar-refractivity contribution is 7.90. The molecule has 0 heterocycles. The Bertz CT molecular complexity index is 511. The van der Waals surface area contributed by atoms with E-state index >= 15 is 0 Å². The van der Waals surface area contributed by atoms with Crippen molar-refractivity contribution in [1.29, 1.82) is 0 Å². The molecule has 120 valence electrons. The van der Waals surface area contributed by atoms with Crippen molar-refractivity contribution in [3.63, 3.8) is 0 Å². The number of sulfone groups is 1. The molecule has 2 N–H and O–H groups in total. The van der Waals surface area contributed by atoms with Gasteiger partial charge in [0.05, 0.1) is 17.6 Å². The van der Waals surface area contributed by atoms with E-state index in [1.165, 1.54) is 12.1 Å². The standard InChI is InChI=1S/C15H25NO4S/c1-12(2)11-20-9-8-16-10-15(17)13-4-6-14(7-5-13)21(3,18)19/h4-7,12,15-17H,8-11H2,1-3H3. The quantitative estimate of drug-likeness (QED) is 0.674. The molecule has 1 rings (SSSR count). The van der Waals surface area contributed by atoms with E-state index < -0.39 is 15.9 Å². The van der Waals surface area contributed by atoms with E-state index in [2.05, 4.69) is 19.2 Å². The molecule has 1 aromatic rings. The van der Waals surface area contributed by atoms with E-state index in [9.17, 15) is 13.5 Å². The first-order chi connectivity index (χ1) is 9.80. The van der Waals surface area contributed by atoms with Gasteiger partial charge in [-0.15, -0.1) is 0 Å². The summed E-state index contributed by atoms with van der Waals surface area (Å²) < 4.78 is 28.1. The lowest BCUT2D eigenvalue weighted by Crippen LogP contribution is -2.25. The molecule has 5 nitrogen and oxygen atoms in total. The minimum Gasteiger partial charge on any atom is -0.387 e. The van der Waals surface area contributed by atoms with E-state index in [0.29, 0.717) is 31.2 Å². The van der Waals surface area contributed by atoms with E-state index in [1.807, 2.05) is 0 Å². The van der Waals surface area contributed by atoms with Gasteiger partial charge in [0, 0.05) is 26.0 Å². The van der Waals surface area contributed by atoms with Crippen molar-refractivity contribution < 1.29 is 18.3 Å². The second-order valence-corrected chi connectivity index (χ2v) is 7.55. The predicted molar refractivity (Wildman–Crippen MR) is 83.0 cm³/mol. The molecule has 0 aliphatic carbocycles. The Balaban J connectivity index is 2.34. The third-order valence-corrected chi connectivity index (χ3v) is 4.03. The maximum Gasteiger partial charge on any atom is 0.175 e. The van der Waals surface area contributed by atoms with Crippen molar-refractivity contribution in [2.45, 2.75) is 24.8 Å². The van der Waals surface area contributed by atoms with Gasteiger partial charge in [-0.2, -0.15) is 0 Å². The normalized spacial score (nSPS) is 13.6. The van der Waals surface area contributed by atoms with Gasteiger partial charge >= 0.3 is 0 Å². The number of benzene rings is 1. The molecule has 0 amide bonds. The summed E-state index contributed by atoms with van der Waals surface area (Å²) >= 11 is 0. The van der Waals surface area contributed by atoms with Crippen LogP contribution in [0.4, 0.5) is 0 Å². The van der Waals surface area contributed by atoms with E-state index in [1.54, 1.807) is 12.1 Å². The fourth-order valence-electron chi connectivity index (χ4n) is 1.76. The number of hydrogen-bond donors (Lipinski definition) is 2. The zero-order valence-electron chi connectivity index (χ0n) is 12.9. The summed E-state index contributed by atoms with van der Waals surface area (Å²) in [7, 11) is -3.19. The number of aliphatic hydroxyl groups excluding tert-OH is 1. The Morgan fingerprint density at radius 1 is 1.24 bits per heavy atom. The van der Waals surface area contributed by atoms with Gasteiger partial charge in [0.15, 0.2) is 9.84 Å². The van der Waals surface area contributed by atoms with Crippen molar-refractivity contribution in [2.75, 3.05) is 32.6 Å². The highest BCUT2D eigenvalue weighted by atomic mass is 32.2. The lowest BCUT2D eigenvalue weighted by atomic mass is 10.1. The monoisotopic (exact) mass is 315 g/mol. The van der Waals surface area contributed by atoms with Crippen LogP contribution in [-0.4, -0.2) is 46.1 Å². The van der Waals surface area contributed by atoms with Crippen LogP contribution in [0.25, 0.3) is 0 Å². The van der Waals surface area contributed by atoms with Crippen molar-refractivity contribution in [1.82, 2.24) is 5.32 Å². The second kappa shape index (κ2) is 8.48. The number of ether oxygens (including phenoxy) is 1. The molecule has 1 unspecified atom stereocenters. The Labute approximate surface area is 127 Å². The highest BCUT2D eigenvalue weighted by Gasteiger charge is 2.10. The molecular formula is C15H25NO4S. The summed E-state index contributed by atoms with van der Waals surface area (Å²) in [6, 6.07) is 6.30. The van der Waals surface area contributed by atoms with Crippen molar-refractivity contribution in [3.05, 3.63) is 29.8 Å². The van der Waals surface area contributed by atoms with Crippen molar-refractivity contribution >= 4 is 9.84 Å². The van der Waals surface area contributed by atoms with Crippen LogP contribution in [0.1, 0.15) is 25.5 Å². The van der Waals surface area contributed by atoms with Crippen LogP contribution in [0, 0.1) is 5.92 Å². The van der Waals surface area contributed by atoms with Gasteiger partial charge in [-0.25, -0.2) is 8.42 Å². The summed E-state index contributed by atoms with van der Waals surface area (Å²) in [6.45, 7) is 6.61. The molecular weight excluding hydrogens is 290 g/mol. The first kappa shape index (κ1) is 18.1. The summed E-state index contributed by atoms with van der Waals surface area (Å²) in [5.41, 5.74) is 0.693. The Morgan fingerprint density at radius 3 is 2.38 bits per heavy atom. The molecule has 0 aromatic heterocycles. The van der Waals surface area contributed by atoms with Crippen molar-refractivity contribution in [3.8, 4) is 0 Å². The molecule has 1 aromatic carbocycles. The van der Waals surface area contributed by atoms with Crippen LogP contribution in [0.3, 0.4) is 0 Å². The zero-order chi connectivity index (χ0) is 15.9. The summed E-state index contributed by atoms with van der Waals surface area (Å²) in [5.74, 6) is 0.518. The lowest BCUT2D eigenvalue weighted by Gasteiger charge is -2.13. The smallest absolute Gasteiger partial charge is 0.175 e. The molecule has 0 saturated carbocycles. The van der Waals surface area contributed by atoms with Gasteiger partial charge in [0.25, 0.3) is 0 Å². The molecule has 0 bridgehead atoms. The zero-order valence-corrected chi connectivity index (χ0v) is 13.7. The molecule has 21 heavy (non-hydrogen) atoms. The van der Waals surface area contributed by atoms with Crippen molar-refractivity contribution in [2.24, 2.45) is 5.92 Å². The third kappa shape index (κ3) is 7.04. The fourth-order valence-corrected chi connectivity index (χ4v) is 2.39. The predicted octanol–water partition coefficient (Wildman–Crippen LogP) is 1.39. The Hall–Kier alpha value is -0.950. The van der Waals surface area contributed by atoms with Crippen LogP contribution in [0.15, 0.2) is 29.2 Å². The number of rotatable bonds is 9. The first-order valence-electron chi connectivity index (χ1n) is 7.07. The van der Waals surface area contributed by atoms with Crippen LogP contribution >= 0.6 is 0 Å². The summed E-state index contributed by atoms with van der Waals surface area (Å²) in [6.07, 6.45) is 0.501. The fraction of sp³-hybridized carbons (Fsp3) is 0.600. The van der Waals surface area contributed by atoms with Gasteiger partial charge in [-0.1, -0.05) is 26.0 Å². The van der Waals surface area contributed by atoms with E-state index in [-0.39, 0.29) is 4.90 Å². The van der Waals surface area contributed by atoms with Gasteiger partial charge in [-0.3, -0.25) is 0 Å². The first-order valence-corrected chi connectivity index (χ1v) is 8.96. The minimum atomic E-state index is -3.19. The largest absolute Gasteiger partial charge is 0.387 e. The molecule has 0 fully saturated rings. The van der Waals surface area contributed by atoms with Crippen LogP contribution in [-0.2, 0) is 14.6 Å². The average molecular weight is 315 g/mol. The van der Waals surface area contributed by atoms with Crippen LogP contribution < -0.4 is 5.32 Å². The topological polar surface area (TPSA) is 75.6 Å². The molecule has 1 atom stereocenters. The van der Waals surface area contributed by atoms with Gasteiger partial charge in [0.1, 0.15) is 0 Å². The molecule has 0 radical (unpaired) electrons. The summed E-state index contributed by atoms with van der Waals surface area (Å²) in [5, 5.41) is 13.1. The lowest BCUT2D eigenvalue weighted by molar-refractivity contribution is 0.107. The van der Waals surface area contributed by atoms with Crippen LogP contribution in [0.5, 0.6) is 0 Å². The molecule has 6 heteroatoms. The second-order valence-electron chi connectivity index (χ2n) is 5.53. The maximum absolute atomic E-state index is 11.3. The molecule has 0 aliphatic heterocycles. The van der Waals surface area contributed by atoms with E-state index in [4.69, 9.17) is 4.74 Å². The van der Waals surface area contributed by atoms with Gasteiger partial charge in [0.2, 0.25) is 0 Å². The number of nitrogens with one attached hydrogen (secondary N) is 1. The van der Waals surface area contributed by atoms with Crippen LogP contribution in [0.2, 0.25) is 0 Å². The molecule has 0 saturated heterocycles. The minimum absolute atomic E-state index is 0.258. The SMILES string of the molecule is CC(C)COCCNCC(O)c1ccc(S(C)(=O)=O)cc1. The third-order valence-electron chi connectivity index (χ3n) is 2.91. The molecule has 0 spiro atoms. The number of hydrogen-bond acceptors (Lipinski definition) is 5. The maximum atomic E-state index is 11.3.